The van der Waals surface area contributed by atoms with Gasteiger partial charge in [0.15, 0.2) is 17.0 Å². The van der Waals surface area contributed by atoms with E-state index < -0.39 is 0 Å². The predicted octanol–water partition coefficient (Wildman–Crippen LogP) is 3.02. The molecule has 174 valence electrons. The van der Waals surface area contributed by atoms with Gasteiger partial charge in [-0.1, -0.05) is 26.0 Å². The van der Waals surface area contributed by atoms with Gasteiger partial charge in [0.25, 0.3) is 5.89 Å². The number of benzene rings is 1. The Morgan fingerprint density at radius 1 is 1.12 bits per heavy atom. The lowest BCUT2D eigenvalue weighted by Gasteiger charge is -2.33. The maximum atomic E-state index is 12.6. The molecule has 1 aliphatic rings. The monoisotopic (exact) mass is 459 g/mol. The molecule has 1 aromatic carbocycles. The van der Waals surface area contributed by atoms with Crippen LogP contribution in [-0.2, 0) is 7.05 Å². The molecule has 0 atom stereocenters. The minimum absolute atomic E-state index is 0.0567. The largest absolute Gasteiger partial charge is 0.418 e. The number of aromatic amines is 1. The second-order valence-corrected chi connectivity index (χ2v) is 9.00. The maximum absolute atomic E-state index is 12.6. The van der Waals surface area contributed by atoms with Gasteiger partial charge in [-0.2, -0.15) is 0 Å². The number of nitrogens with one attached hydrogen (secondary N) is 1. The summed E-state index contributed by atoms with van der Waals surface area (Å²) in [6, 6.07) is 7.96. The summed E-state index contributed by atoms with van der Waals surface area (Å²) in [6.07, 6.45) is 3.22. The van der Waals surface area contributed by atoms with Crippen LogP contribution in [0.4, 0.5) is 5.82 Å². The van der Waals surface area contributed by atoms with Crippen molar-refractivity contribution in [3.63, 3.8) is 0 Å². The van der Waals surface area contributed by atoms with E-state index in [1.165, 1.54) is 0 Å². The van der Waals surface area contributed by atoms with Crippen LogP contribution < -0.4 is 10.6 Å². The summed E-state index contributed by atoms with van der Waals surface area (Å²) < 4.78 is 9.58. The van der Waals surface area contributed by atoms with Crippen LogP contribution in [0, 0.1) is 0 Å². The van der Waals surface area contributed by atoms with Gasteiger partial charge in [0.2, 0.25) is 11.7 Å². The molecule has 1 N–H and O–H groups in total. The third-order valence-corrected chi connectivity index (χ3v) is 6.52. The van der Waals surface area contributed by atoms with Crippen molar-refractivity contribution in [3.05, 3.63) is 47.0 Å². The highest BCUT2D eigenvalue weighted by Gasteiger charge is 2.27. The van der Waals surface area contributed by atoms with Gasteiger partial charge in [-0.05, 0) is 25.0 Å². The van der Waals surface area contributed by atoms with Crippen molar-refractivity contribution in [2.45, 2.75) is 38.6 Å². The number of para-hydroxylation sites is 2. The molecule has 5 aromatic rings. The molecule has 1 aliphatic heterocycles. The van der Waals surface area contributed by atoms with Crippen LogP contribution in [0.15, 0.2) is 39.8 Å². The van der Waals surface area contributed by atoms with Crippen molar-refractivity contribution >= 4 is 28.0 Å². The first-order valence-electron chi connectivity index (χ1n) is 11.5. The smallest absolute Gasteiger partial charge is 0.326 e. The van der Waals surface area contributed by atoms with E-state index in [1.54, 1.807) is 6.33 Å². The third-order valence-electron chi connectivity index (χ3n) is 6.52. The number of aryl methyl sites for hydroxylation is 1. The Morgan fingerprint density at radius 2 is 1.91 bits per heavy atom. The summed E-state index contributed by atoms with van der Waals surface area (Å²) in [5.74, 6) is 2.42. The van der Waals surface area contributed by atoms with Crippen molar-refractivity contribution < 1.29 is 4.42 Å². The molecule has 4 aromatic heterocycles. The number of fused-ring (bicyclic) bond motifs is 2. The number of imidazole rings is 2. The zero-order chi connectivity index (χ0) is 23.4. The van der Waals surface area contributed by atoms with E-state index in [-0.39, 0.29) is 17.6 Å². The molecule has 6 rings (SSSR count). The average Bonchev–Trinajstić information content (AvgIpc) is 3.54. The predicted molar refractivity (Wildman–Crippen MR) is 127 cm³/mol. The molecule has 0 amide bonds. The lowest BCUT2D eigenvalue weighted by atomic mass is 10.0. The van der Waals surface area contributed by atoms with Crippen molar-refractivity contribution in [2.75, 3.05) is 18.0 Å². The number of anilines is 1. The van der Waals surface area contributed by atoms with Crippen LogP contribution in [-0.4, -0.2) is 52.4 Å². The Balaban J connectivity index is 1.30. The molecule has 34 heavy (non-hydrogen) atoms. The first-order valence-corrected chi connectivity index (χ1v) is 11.5. The zero-order valence-corrected chi connectivity index (χ0v) is 19.3. The standard InChI is InChI=1S/C23H25N9O2/c1-13(2)21-28-29-22(34-21)20-27-17-18(30(20)3)24-12-25-19(17)31-10-8-14(9-11-31)32-16-7-5-4-6-15(16)26-23(32)33/h4-7,12-14H,8-11H2,1-3H3,(H,26,33). The highest BCUT2D eigenvalue weighted by molar-refractivity contribution is 5.86. The van der Waals surface area contributed by atoms with Gasteiger partial charge >= 0.3 is 5.69 Å². The van der Waals surface area contributed by atoms with Gasteiger partial charge in [-0.15, -0.1) is 10.2 Å². The lowest BCUT2D eigenvalue weighted by molar-refractivity contribution is 0.395. The minimum atomic E-state index is -0.0567. The Kier molecular flexibility index (Phi) is 4.71. The van der Waals surface area contributed by atoms with Crippen molar-refractivity contribution in [1.82, 2.24) is 39.3 Å². The first-order chi connectivity index (χ1) is 16.5. The van der Waals surface area contributed by atoms with Crippen LogP contribution in [0.1, 0.15) is 44.5 Å². The fraction of sp³-hybridized carbons (Fsp3) is 0.391. The summed E-state index contributed by atoms with van der Waals surface area (Å²) >= 11 is 0. The van der Waals surface area contributed by atoms with E-state index in [4.69, 9.17) is 9.40 Å². The van der Waals surface area contributed by atoms with Crippen molar-refractivity contribution in [1.29, 1.82) is 0 Å². The number of nitrogens with zero attached hydrogens (tertiary/aromatic N) is 8. The van der Waals surface area contributed by atoms with Gasteiger partial charge in [0, 0.05) is 32.1 Å². The molecule has 0 spiro atoms. The van der Waals surface area contributed by atoms with E-state index in [0.717, 1.165) is 42.8 Å². The van der Waals surface area contributed by atoms with Crippen LogP contribution >= 0.6 is 0 Å². The van der Waals surface area contributed by atoms with Crippen molar-refractivity contribution in [2.24, 2.45) is 7.05 Å². The number of piperidine rings is 1. The molecule has 11 nitrogen and oxygen atoms in total. The van der Waals surface area contributed by atoms with E-state index in [2.05, 4.69) is 30.0 Å². The van der Waals surface area contributed by atoms with Gasteiger partial charge in [0.05, 0.1) is 11.0 Å². The Bertz CT molecular complexity index is 1550. The molecule has 0 unspecified atom stereocenters. The summed E-state index contributed by atoms with van der Waals surface area (Å²) in [5, 5.41) is 8.31. The van der Waals surface area contributed by atoms with Crippen LogP contribution in [0.5, 0.6) is 0 Å². The van der Waals surface area contributed by atoms with Gasteiger partial charge < -0.3 is 18.9 Å². The minimum Gasteiger partial charge on any atom is -0.418 e. The van der Waals surface area contributed by atoms with Crippen LogP contribution in [0.2, 0.25) is 0 Å². The fourth-order valence-corrected chi connectivity index (χ4v) is 4.74. The molecular weight excluding hydrogens is 434 g/mol. The molecule has 0 bridgehead atoms. The second-order valence-electron chi connectivity index (χ2n) is 9.00. The van der Waals surface area contributed by atoms with E-state index in [0.29, 0.717) is 28.8 Å². The fourth-order valence-electron chi connectivity index (χ4n) is 4.74. The SMILES string of the molecule is CC(C)c1nnc(-c2nc3c(N4CCC(n5c(=O)[nH]c6ccccc65)CC4)ncnc3n2C)o1. The molecule has 0 radical (unpaired) electrons. The summed E-state index contributed by atoms with van der Waals surface area (Å²) in [6.45, 7) is 5.52. The van der Waals surface area contributed by atoms with Gasteiger partial charge in [-0.3, -0.25) is 4.57 Å². The van der Waals surface area contributed by atoms with Gasteiger partial charge in [-0.25, -0.2) is 19.7 Å². The summed E-state index contributed by atoms with van der Waals surface area (Å²) in [7, 11) is 1.89. The molecule has 0 saturated carbocycles. The van der Waals surface area contributed by atoms with E-state index in [1.807, 2.05) is 54.3 Å². The molecular formula is C23H25N9O2. The van der Waals surface area contributed by atoms with Gasteiger partial charge in [0.1, 0.15) is 6.33 Å². The highest BCUT2D eigenvalue weighted by atomic mass is 16.4. The third kappa shape index (κ3) is 3.18. The Labute approximate surface area is 194 Å². The first kappa shape index (κ1) is 20.6. The Hall–Kier alpha value is -4.02. The summed E-state index contributed by atoms with van der Waals surface area (Å²) in [4.78, 5) is 31.6. The number of rotatable bonds is 4. The molecule has 5 heterocycles. The number of hydrogen-bond donors (Lipinski definition) is 1. The van der Waals surface area contributed by atoms with Crippen LogP contribution in [0.25, 0.3) is 33.9 Å². The second kappa shape index (κ2) is 7.79. The Morgan fingerprint density at radius 3 is 2.68 bits per heavy atom. The molecule has 0 aliphatic carbocycles. The number of H-pyrrole nitrogens is 1. The van der Waals surface area contributed by atoms with Crippen LogP contribution in [0.3, 0.4) is 0 Å². The highest BCUT2D eigenvalue weighted by Crippen LogP contribution is 2.32. The lowest BCUT2D eigenvalue weighted by Crippen LogP contribution is -2.37. The topological polar surface area (TPSA) is 124 Å². The molecule has 1 fully saturated rings. The normalized spacial score (nSPS) is 15.2. The summed E-state index contributed by atoms with van der Waals surface area (Å²) in [5.41, 5.74) is 3.17. The molecule has 11 heteroatoms. The maximum Gasteiger partial charge on any atom is 0.326 e. The number of aromatic nitrogens is 8. The van der Waals surface area contributed by atoms with E-state index in [9.17, 15) is 4.79 Å². The zero-order valence-electron chi connectivity index (χ0n) is 19.3. The average molecular weight is 460 g/mol. The van der Waals surface area contributed by atoms with E-state index >= 15 is 0 Å². The van der Waals surface area contributed by atoms with Crippen molar-refractivity contribution in [3.8, 4) is 11.7 Å². The number of hydrogen-bond acceptors (Lipinski definition) is 8. The quantitative estimate of drug-likeness (QED) is 0.435. The molecule has 1 saturated heterocycles.